The summed E-state index contributed by atoms with van der Waals surface area (Å²) in [6.07, 6.45) is 1.19. The third-order valence-electron chi connectivity index (χ3n) is 2.67. The first-order valence-electron chi connectivity index (χ1n) is 6.52. The van der Waals surface area contributed by atoms with E-state index in [1.807, 2.05) is 6.92 Å². The van der Waals surface area contributed by atoms with Crippen molar-refractivity contribution in [2.75, 3.05) is 26.7 Å². The van der Waals surface area contributed by atoms with Gasteiger partial charge in [-0.3, -0.25) is 14.4 Å². The van der Waals surface area contributed by atoms with Crippen molar-refractivity contribution < 1.29 is 19.1 Å². The van der Waals surface area contributed by atoms with Gasteiger partial charge in [-0.2, -0.15) is 0 Å². The Bertz CT molecular complexity index is 318. The molecule has 0 aromatic rings. The summed E-state index contributed by atoms with van der Waals surface area (Å²) in [6, 6.07) is 0. The predicted octanol–water partition coefficient (Wildman–Crippen LogP) is 0.560. The molecule has 0 radical (unpaired) electrons. The molecule has 0 fully saturated rings. The van der Waals surface area contributed by atoms with E-state index in [4.69, 9.17) is 0 Å². The summed E-state index contributed by atoms with van der Waals surface area (Å²) in [5.41, 5.74) is 0. The van der Waals surface area contributed by atoms with Crippen molar-refractivity contribution in [3.05, 3.63) is 0 Å². The highest BCUT2D eigenvalue weighted by atomic mass is 16.5. The third kappa shape index (κ3) is 7.43. The van der Waals surface area contributed by atoms with Crippen molar-refractivity contribution >= 4 is 17.8 Å². The van der Waals surface area contributed by atoms with Gasteiger partial charge in [0, 0.05) is 33.0 Å². The minimum Gasteiger partial charge on any atom is -0.469 e. The van der Waals surface area contributed by atoms with Crippen LogP contribution in [0.1, 0.15) is 33.6 Å². The molecule has 0 saturated carbocycles. The highest BCUT2D eigenvalue weighted by molar-refractivity contribution is 5.78. The van der Waals surface area contributed by atoms with Gasteiger partial charge in [-0.1, -0.05) is 13.8 Å². The van der Waals surface area contributed by atoms with Crippen LogP contribution in [0.2, 0.25) is 0 Å². The zero-order valence-electron chi connectivity index (χ0n) is 12.2. The smallest absolute Gasteiger partial charge is 0.310 e. The summed E-state index contributed by atoms with van der Waals surface area (Å²) >= 11 is 0. The Labute approximate surface area is 114 Å². The van der Waals surface area contributed by atoms with Crippen molar-refractivity contribution in [2.45, 2.75) is 33.6 Å². The fourth-order valence-corrected chi connectivity index (χ4v) is 1.66. The molecule has 0 aliphatic carbocycles. The molecule has 0 heterocycles. The van der Waals surface area contributed by atoms with Crippen LogP contribution in [0.25, 0.3) is 0 Å². The van der Waals surface area contributed by atoms with Crippen LogP contribution in [0, 0.1) is 5.92 Å². The van der Waals surface area contributed by atoms with Gasteiger partial charge in [-0.15, -0.1) is 0 Å². The molecule has 0 aromatic heterocycles. The number of ether oxygens (including phenoxy) is 1. The number of nitrogens with zero attached hydrogens (tertiary/aromatic N) is 1. The summed E-state index contributed by atoms with van der Waals surface area (Å²) in [5.74, 6) is -0.857. The molecule has 1 unspecified atom stereocenters. The fraction of sp³-hybridized carbons (Fsp3) is 0.769. The highest BCUT2D eigenvalue weighted by Crippen LogP contribution is 2.05. The first kappa shape index (κ1) is 17.4. The van der Waals surface area contributed by atoms with Crippen molar-refractivity contribution in [1.82, 2.24) is 10.2 Å². The molecule has 1 atom stereocenters. The maximum absolute atomic E-state index is 11.9. The number of amides is 2. The minimum absolute atomic E-state index is 0.0106. The molecule has 2 amide bonds. The zero-order chi connectivity index (χ0) is 14.8. The van der Waals surface area contributed by atoms with E-state index >= 15 is 0 Å². The second-order valence-corrected chi connectivity index (χ2v) is 4.50. The van der Waals surface area contributed by atoms with Gasteiger partial charge in [0.2, 0.25) is 11.8 Å². The maximum Gasteiger partial charge on any atom is 0.310 e. The number of nitrogens with one attached hydrogen (secondary N) is 1. The van der Waals surface area contributed by atoms with E-state index in [0.29, 0.717) is 26.1 Å². The van der Waals surface area contributed by atoms with Gasteiger partial charge in [0.25, 0.3) is 0 Å². The lowest BCUT2D eigenvalue weighted by molar-refractivity contribution is -0.146. The monoisotopic (exact) mass is 272 g/mol. The van der Waals surface area contributed by atoms with Crippen LogP contribution >= 0.6 is 0 Å². The molecule has 1 N–H and O–H groups in total. The number of hydrogen-bond acceptors (Lipinski definition) is 4. The fourth-order valence-electron chi connectivity index (χ4n) is 1.66. The highest BCUT2D eigenvalue weighted by Gasteiger charge is 2.20. The van der Waals surface area contributed by atoms with E-state index in [2.05, 4.69) is 10.1 Å². The largest absolute Gasteiger partial charge is 0.469 e. The van der Waals surface area contributed by atoms with Crippen molar-refractivity contribution in [2.24, 2.45) is 5.92 Å². The summed E-state index contributed by atoms with van der Waals surface area (Å²) in [4.78, 5) is 35.7. The predicted molar refractivity (Wildman–Crippen MR) is 71.4 cm³/mol. The standard InChI is InChI=1S/C13H24N2O4/c1-5-6-12(17)15(8-7-14-11(3)16)9-10(2)13(18)19-4/h10H,5-9H2,1-4H3,(H,14,16). The Morgan fingerprint density at radius 3 is 2.42 bits per heavy atom. The van der Waals surface area contributed by atoms with Gasteiger partial charge in [0.1, 0.15) is 0 Å². The normalized spacial score (nSPS) is 11.6. The minimum atomic E-state index is -0.372. The topological polar surface area (TPSA) is 75.7 Å². The molecule has 0 aliphatic rings. The number of methoxy groups -OCH3 is 1. The van der Waals surface area contributed by atoms with E-state index in [-0.39, 0.29) is 23.7 Å². The Morgan fingerprint density at radius 1 is 1.32 bits per heavy atom. The molecule has 19 heavy (non-hydrogen) atoms. The summed E-state index contributed by atoms with van der Waals surface area (Å²) < 4.78 is 4.65. The Morgan fingerprint density at radius 2 is 1.95 bits per heavy atom. The molecular weight excluding hydrogens is 248 g/mol. The van der Waals surface area contributed by atoms with E-state index in [1.165, 1.54) is 14.0 Å². The van der Waals surface area contributed by atoms with Gasteiger partial charge in [-0.05, 0) is 6.42 Å². The number of rotatable bonds is 8. The average molecular weight is 272 g/mol. The molecule has 0 rings (SSSR count). The van der Waals surface area contributed by atoms with Crippen LogP contribution in [0.3, 0.4) is 0 Å². The van der Waals surface area contributed by atoms with E-state index < -0.39 is 0 Å². The van der Waals surface area contributed by atoms with Gasteiger partial charge < -0.3 is 15.0 Å². The number of hydrogen-bond donors (Lipinski definition) is 1. The van der Waals surface area contributed by atoms with E-state index in [0.717, 1.165) is 6.42 Å². The van der Waals surface area contributed by atoms with Crippen LogP contribution in [-0.2, 0) is 19.1 Å². The SMILES string of the molecule is CCCC(=O)N(CCNC(C)=O)CC(C)C(=O)OC. The molecule has 0 aromatic carbocycles. The van der Waals surface area contributed by atoms with Crippen molar-refractivity contribution in [1.29, 1.82) is 0 Å². The molecule has 0 saturated heterocycles. The lowest BCUT2D eigenvalue weighted by Gasteiger charge is -2.25. The Balaban J connectivity index is 4.44. The lowest BCUT2D eigenvalue weighted by atomic mass is 10.1. The van der Waals surface area contributed by atoms with Crippen LogP contribution in [-0.4, -0.2) is 49.4 Å². The van der Waals surface area contributed by atoms with Gasteiger partial charge in [0.15, 0.2) is 0 Å². The molecular formula is C13H24N2O4. The maximum atomic E-state index is 11.9. The molecule has 0 bridgehead atoms. The summed E-state index contributed by atoms with van der Waals surface area (Å²) in [6.45, 7) is 6.17. The zero-order valence-corrected chi connectivity index (χ0v) is 12.2. The second kappa shape index (κ2) is 9.35. The molecule has 6 heteroatoms. The Hall–Kier alpha value is -1.59. The van der Waals surface area contributed by atoms with Gasteiger partial charge in [-0.25, -0.2) is 0 Å². The van der Waals surface area contributed by atoms with Crippen LogP contribution < -0.4 is 5.32 Å². The van der Waals surface area contributed by atoms with Crippen molar-refractivity contribution in [3.8, 4) is 0 Å². The van der Waals surface area contributed by atoms with Crippen LogP contribution in [0.15, 0.2) is 0 Å². The van der Waals surface area contributed by atoms with Crippen LogP contribution in [0.4, 0.5) is 0 Å². The van der Waals surface area contributed by atoms with Crippen molar-refractivity contribution in [3.63, 3.8) is 0 Å². The Kier molecular flexibility index (Phi) is 8.57. The lowest BCUT2D eigenvalue weighted by Crippen LogP contribution is -2.41. The second-order valence-electron chi connectivity index (χ2n) is 4.50. The van der Waals surface area contributed by atoms with Gasteiger partial charge in [0.05, 0.1) is 13.0 Å². The molecule has 0 aliphatic heterocycles. The third-order valence-corrected chi connectivity index (χ3v) is 2.67. The average Bonchev–Trinajstić information content (AvgIpc) is 2.36. The first-order chi connectivity index (χ1) is 8.92. The van der Waals surface area contributed by atoms with Crippen LogP contribution in [0.5, 0.6) is 0 Å². The van der Waals surface area contributed by atoms with Gasteiger partial charge >= 0.3 is 5.97 Å². The van der Waals surface area contributed by atoms with E-state index in [9.17, 15) is 14.4 Å². The number of esters is 1. The summed E-state index contributed by atoms with van der Waals surface area (Å²) in [7, 11) is 1.33. The number of carbonyl (C=O) groups is 3. The summed E-state index contributed by atoms with van der Waals surface area (Å²) in [5, 5.41) is 2.64. The van der Waals surface area contributed by atoms with E-state index in [1.54, 1.807) is 11.8 Å². The molecule has 0 spiro atoms. The number of carbonyl (C=O) groups excluding carboxylic acids is 3. The first-order valence-corrected chi connectivity index (χ1v) is 6.52. The molecule has 6 nitrogen and oxygen atoms in total. The molecule has 110 valence electrons. The quantitative estimate of drug-likeness (QED) is 0.655.